The minimum absolute atomic E-state index is 0.0805. The Morgan fingerprint density at radius 2 is 1.97 bits per heavy atom. The summed E-state index contributed by atoms with van der Waals surface area (Å²) in [6.45, 7) is 3.68. The maximum atomic E-state index is 12.7. The summed E-state index contributed by atoms with van der Waals surface area (Å²) >= 11 is 0. The van der Waals surface area contributed by atoms with Crippen molar-refractivity contribution in [1.29, 1.82) is 0 Å². The van der Waals surface area contributed by atoms with E-state index < -0.39 is 0 Å². The van der Waals surface area contributed by atoms with Crippen LogP contribution in [0.15, 0.2) is 54.6 Å². The van der Waals surface area contributed by atoms with Gasteiger partial charge in [0.25, 0.3) is 5.91 Å². The second-order valence-corrected chi connectivity index (χ2v) is 8.15. The van der Waals surface area contributed by atoms with E-state index >= 15 is 0 Å². The Morgan fingerprint density at radius 3 is 2.77 bits per heavy atom. The largest absolute Gasteiger partial charge is 0.492 e. The number of hydrogen-bond donors (Lipinski definition) is 1. The van der Waals surface area contributed by atoms with Gasteiger partial charge >= 0.3 is 0 Å². The fraction of sp³-hybridized carbons (Fsp3) is 0.400. The Hall–Kier alpha value is -2.83. The molecule has 1 aliphatic rings. The van der Waals surface area contributed by atoms with Gasteiger partial charge in [-0.2, -0.15) is 0 Å². The third-order valence-electron chi connectivity index (χ3n) is 6.06. The molecule has 0 spiro atoms. The zero-order chi connectivity index (χ0) is 21.6. The fourth-order valence-electron chi connectivity index (χ4n) is 4.14. The zero-order valence-corrected chi connectivity index (χ0v) is 18.3. The van der Waals surface area contributed by atoms with Crippen LogP contribution in [0, 0.1) is 0 Å². The van der Waals surface area contributed by atoms with Crippen LogP contribution < -0.4 is 10.1 Å². The van der Waals surface area contributed by atoms with Crippen molar-refractivity contribution < 1.29 is 14.3 Å². The Kier molecular flexibility index (Phi) is 6.89. The zero-order valence-electron chi connectivity index (χ0n) is 18.3. The van der Waals surface area contributed by atoms with E-state index in [1.807, 2.05) is 66.2 Å². The number of likely N-dealkylation sites (N-methyl/N-ethyl adjacent to an activating group) is 1. The molecule has 0 radical (unpaired) electrons. The standard InChI is InChI=1S/C25H31N3O3/c1-27(21-10-13-30-14-11-21)12-15-31-22-8-5-6-19(16-22)18-26-25(29)24-17-20-7-3-4-9-23(20)28(24)2/h3-9,16-17,21H,10-15,18H2,1-2H3,(H,26,29). The molecular formula is C25H31N3O3. The van der Waals surface area contributed by atoms with Gasteiger partial charge in [0.2, 0.25) is 0 Å². The van der Waals surface area contributed by atoms with E-state index in [-0.39, 0.29) is 5.91 Å². The van der Waals surface area contributed by atoms with E-state index in [4.69, 9.17) is 9.47 Å². The number of fused-ring (bicyclic) bond motifs is 1. The number of carbonyl (C=O) groups is 1. The van der Waals surface area contributed by atoms with Crippen molar-refractivity contribution in [2.75, 3.05) is 33.4 Å². The lowest BCUT2D eigenvalue weighted by molar-refractivity contribution is 0.0392. The second-order valence-electron chi connectivity index (χ2n) is 8.15. The molecule has 6 heteroatoms. The predicted octanol–water partition coefficient (Wildman–Crippen LogP) is 3.60. The lowest BCUT2D eigenvalue weighted by Crippen LogP contribution is -2.38. The molecule has 2 aromatic carbocycles. The van der Waals surface area contributed by atoms with Gasteiger partial charge in [-0.25, -0.2) is 0 Å². The third-order valence-corrected chi connectivity index (χ3v) is 6.06. The summed E-state index contributed by atoms with van der Waals surface area (Å²) in [5, 5.41) is 4.09. The van der Waals surface area contributed by atoms with E-state index in [0.717, 1.165) is 54.8 Å². The van der Waals surface area contributed by atoms with Gasteiger partial charge < -0.3 is 19.4 Å². The van der Waals surface area contributed by atoms with Crippen molar-refractivity contribution in [3.05, 3.63) is 65.9 Å². The van der Waals surface area contributed by atoms with Gasteiger partial charge in [0.05, 0.1) is 0 Å². The van der Waals surface area contributed by atoms with Gasteiger partial charge in [-0.1, -0.05) is 30.3 Å². The summed E-state index contributed by atoms with van der Waals surface area (Å²) in [7, 11) is 4.07. The van der Waals surface area contributed by atoms with Crippen LogP contribution in [-0.4, -0.2) is 54.8 Å². The third kappa shape index (κ3) is 5.27. The molecule has 164 valence electrons. The van der Waals surface area contributed by atoms with Crippen LogP contribution in [0.5, 0.6) is 5.75 Å². The number of rotatable bonds is 8. The number of ether oxygens (including phenoxy) is 2. The Bertz CT molecular complexity index is 1020. The summed E-state index contributed by atoms with van der Waals surface area (Å²) in [6.07, 6.45) is 2.17. The number of nitrogens with zero attached hydrogens (tertiary/aromatic N) is 2. The number of aromatic nitrogens is 1. The number of nitrogens with one attached hydrogen (secondary N) is 1. The monoisotopic (exact) mass is 421 g/mol. The Morgan fingerprint density at radius 1 is 1.16 bits per heavy atom. The van der Waals surface area contributed by atoms with E-state index in [1.165, 1.54) is 0 Å². The SMILES string of the molecule is CN(CCOc1cccc(CNC(=O)c2cc3ccccc3n2C)c1)C1CCOCC1. The Balaban J connectivity index is 1.29. The average molecular weight is 422 g/mol. The van der Waals surface area contributed by atoms with Crippen LogP contribution in [0.25, 0.3) is 10.9 Å². The predicted molar refractivity (Wildman–Crippen MR) is 122 cm³/mol. The van der Waals surface area contributed by atoms with Gasteiger partial charge in [-0.3, -0.25) is 9.69 Å². The highest BCUT2D eigenvalue weighted by Gasteiger charge is 2.18. The van der Waals surface area contributed by atoms with Gasteiger partial charge in [-0.05, 0) is 49.7 Å². The first-order valence-electron chi connectivity index (χ1n) is 10.9. The molecule has 6 nitrogen and oxygen atoms in total. The van der Waals surface area contributed by atoms with Crippen LogP contribution in [0.1, 0.15) is 28.9 Å². The minimum Gasteiger partial charge on any atom is -0.492 e. The van der Waals surface area contributed by atoms with E-state index in [1.54, 1.807) is 0 Å². The van der Waals surface area contributed by atoms with Crippen LogP contribution in [-0.2, 0) is 18.3 Å². The molecule has 3 aromatic rings. The maximum Gasteiger partial charge on any atom is 0.268 e. The normalized spacial score (nSPS) is 14.8. The number of hydrogen-bond acceptors (Lipinski definition) is 4. The highest BCUT2D eigenvalue weighted by atomic mass is 16.5. The first kappa shape index (κ1) is 21.4. The van der Waals surface area contributed by atoms with Crippen molar-refractivity contribution in [2.45, 2.75) is 25.4 Å². The molecule has 1 amide bonds. The molecule has 1 aliphatic heterocycles. The minimum atomic E-state index is -0.0805. The lowest BCUT2D eigenvalue weighted by atomic mass is 10.1. The molecule has 0 bridgehead atoms. The van der Waals surface area contributed by atoms with Crippen LogP contribution in [0.3, 0.4) is 0 Å². The van der Waals surface area contributed by atoms with Crippen molar-refractivity contribution in [2.24, 2.45) is 7.05 Å². The molecule has 1 saturated heterocycles. The highest BCUT2D eigenvalue weighted by molar-refractivity contribution is 5.98. The fourth-order valence-corrected chi connectivity index (χ4v) is 4.14. The second kappa shape index (κ2) is 9.98. The van der Waals surface area contributed by atoms with E-state index in [0.29, 0.717) is 24.9 Å². The summed E-state index contributed by atoms with van der Waals surface area (Å²) in [5.41, 5.74) is 2.72. The van der Waals surface area contributed by atoms with Gasteiger partial charge in [0.1, 0.15) is 18.1 Å². The average Bonchev–Trinajstić information content (AvgIpc) is 3.15. The number of carbonyl (C=O) groups excluding carboxylic acids is 1. The molecule has 2 heterocycles. The number of amides is 1. The number of aryl methyl sites for hydroxylation is 1. The van der Waals surface area contributed by atoms with Crippen LogP contribution in [0.4, 0.5) is 0 Å². The lowest BCUT2D eigenvalue weighted by Gasteiger charge is -2.31. The molecular weight excluding hydrogens is 390 g/mol. The molecule has 1 aromatic heterocycles. The van der Waals surface area contributed by atoms with Gasteiger partial charge in [0.15, 0.2) is 0 Å². The first-order valence-corrected chi connectivity index (χ1v) is 10.9. The van der Waals surface area contributed by atoms with Crippen molar-refractivity contribution in [3.8, 4) is 5.75 Å². The summed E-state index contributed by atoms with van der Waals surface area (Å²) in [4.78, 5) is 15.1. The topological polar surface area (TPSA) is 55.7 Å². The molecule has 1 fully saturated rings. The molecule has 0 atom stereocenters. The molecule has 4 rings (SSSR count). The van der Waals surface area contributed by atoms with E-state index in [9.17, 15) is 4.79 Å². The number of benzene rings is 2. The number of para-hydroxylation sites is 1. The molecule has 0 saturated carbocycles. The molecule has 0 aliphatic carbocycles. The van der Waals surface area contributed by atoms with Gasteiger partial charge in [-0.15, -0.1) is 0 Å². The van der Waals surface area contributed by atoms with Crippen LogP contribution in [0.2, 0.25) is 0 Å². The quantitative estimate of drug-likeness (QED) is 0.604. The first-order chi connectivity index (χ1) is 15.1. The molecule has 31 heavy (non-hydrogen) atoms. The smallest absolute Gasteiger partial charge is 0.268 e. The van der Waals surface area contributed by atoms with Crippen molar-refractivity contribution in [1.82, 2.24) is 14.8 Å². The maximum absolute atomic E-state index is 12.7. The summed E-state index contributed by atoms with van der Waals surface area (Å²) in [5.74, 6) is 0.750. The van der Waals surface area contributed by atoms with E-state index in [2.05, 4.69) is 17.3 Å². The highest BCUT2D eigenvalue weighted by Crippen LogP contribution is 2.19. The van der Waals surface area contributed by atoms with Crippen molar-refractivity contribution >= 4 is 16.8 Å². The Labute approximate surface area is 183 Å². The van der Waals surface area contributed by atoms with Crippen LogP contribution >= 0.6 is 0 Å². The molecule has 0 unspecified atom stereocenters. The van der Waals surface area contributed by atoms with Gasteiger partial charge in [0, 0.05) is 50.3 Å². The molecule has 1 N–H and O–H groups in total. The summed E-state index contributed by atoms with van der Waals surface area (Å²) in [6, 6.07) is 18.4. The summed E-state index contributed by atoms with van der Waals surface area (Å²) < 4.78 is 13.3. The van der Waals surface area contributed by atoms with Crippen molar-refractivity contribution in [3.63, 3.8) is 0 Å².